The predicted molar refractivity (Wildman–Crippen MR) is 50.7 cm³/mol. The summed E-state index contributed by atoms with van der Waals surface area (Å²) < 4.78 is 0. The lowest BCUT2D eigenvalue weighted by atomic mass is 10.2. The minimum Gasteiger partial charge on any atom is -0.507 e. The highest BCUT2D eigenvalue weighted by Crippen LogP contribution is 2.14. The maximum Gasteiger partial charge on any atom is 0.125 e. The Morgan fingerprint density at radius 2 is 2.00 bits per heavy atom. The first-order chi connectivity index (χ1) is 5.25. The van der Waals surface area contributed by atoms with Crippen LogP contribution in [-0.2, 0) is 0 Å². The molecule has 0 atom stereocenters. The lowest BCUT2D eigenvalue weighted by molar-refractivity contribution is 0.474. The Kier molecular flexibility index (Phi) is 4.20. The first-order valence-electron chi connectivity index (χ1n) is 3.04. The number of thiocarbonyl (C=S) groups is 1. The number of nitrogens with two attached hydrogens (primary N) is 1. The van der Waals surface area contributed by atoms with Gasteiger partial charge in [-0.2, -0.15) is 0 Å². The van der Waals surface area contributed by atoms with Crippen LogP contribution in [0.25, 0.3) is 0 Å². The van der Waals surface area contributed by atoms with E-state index < -0.39 is 0 Å². The van der Waals surface area contributed by atoms with Gasteiger partial charge in [-0.05, 0) is 12.1 Å². The van der Waals surface area contributed by atoms with Gasteiger partial charge < -0.3 is 16.0 Å². The Morgan fingerprint density at radius 1 is 1.42 bits per heavy atom. The van der Waals surface area contributed by atoms with Crippen LogP contribution in [0.3, 0.4) is 0 Å². The molecule has 6 N–H and O–H groups in total. The Hall–Kier alpha value is -1.17. The molecule has 1 rings (SSSR count). The number of hydrazine groups is 1. The molecule has 0 aromatic heterocycles. The molecular formula is C7H10N2O2S. The van der Waals surface area contributed by atoms with E-state index in [1.54, 1.807) is 24.3 Å². The van der Waals surface area contributed by atoms with Crippen LogP contribution in [0.15, 0.2) is 24.3 Å². The molecule has 0 saturated carbocycles. The summed E-state index contributed by atoms with van der Waals surface area (Å²) in [5, 5.41) is 9.23. The van der Waals surface area contributed by atoms with Gasteiger partial charge in [0, 0.05) is 0 Å². The fraction of sp³-hybridized carbons (Fsp3) is 0. The van der Waals surface area contributed by atoms with Crippen molar-refractivity contribution in [2.75, 3.05) is 0 Å². The third-order valence-corrected chi connectivity index (χ3v) is 1.62. The standard InChI is InChI=1S/C7H8N2OS.H2O/c8-9-7(11)5-3-1-2-4-6(5)10;/h1-4,10H,8H2,(H,9,11);1H2. The molecule has 0 unspecified atom stereocenters. The van der Waals surface area contributed by atoms with Crippen molar-refractivity contribution in [2.45, 2.75) is 0 Å². The molecule has 0 bridgehead atoms. The van der Waals surface area contributed by atoms with E-state index >= 15 is 0 Å². The SMILES string of the molecule is NNC(=S)c1ccccc1O.O. The molecule has 1 aromatic carbocycles. The van der Waals surface area contributed by atoms with E-state index in [1.807, 2.05) is 0 Å². The van der Waals surface area contributed by atoms with Crippen LogP contribution in [0.5, 0.6) is 5.75 Å². The normalized spacial score (nSPS) is 8.42. The molecule has 0 spiro atoms. The fourth-order valence-electron chi connectivity index (χ4n) is 0.743. The van der Waals surface area contributed by atoms with E-state index in [-0.39, 0.29) is 11.2 Å². The Bertz CT molecular complexity index is 278. The molecule has 0 radical (unpaired) electrons. The molecule has 1 aromatic rings. The number of para-hydroxylation sites is 1. The summed E-state index contributed by atoms with van der Waals surface area (Å²) in [5.74, 6) is 5.21. The summed E-state index contributed by atoms with van der Waals surface area (Å²) in [7, 11) is 0. The molecule has 12 heavy (non-hydrogen) atoms. The Labute approximate surface area is 75.3 Å². The number of phenols is 1. The van der Waals surface area contributed by atoms with Gasteiger partial charge in [0.15, 0.2) is 0 Å². The van der Waals surface area contributed by atoms with E-state index in [2.05, 4.69) is 5.43 Å². The van der Waals surface area contributed by atoms with Crippen LogP contribution in [0.4, 0.5) is 0 Å². The summed E-state index contributed by atoms with van der Waals surface area (Å²) in [6.45, 7) is 0. The van der Waals surface area contributed by atoms with E-state index in [0.29, 0.717) is 10.6 Å². The average Bonchev–Trinajstić information content (AvgIpc) is 2.04. The van der Waals surface area contributed by atoms with Gasteiger partial charge in [-0.15, -0.1) is 0 Å². The van der Waals surface area contributed by atoms with Gasteiger partial charge >= 0.3 is 0 Å². The molecule has 0 fully saturated rings. The van der Waals surface area contributed by atoms with E-state index in [4.69, 9.17) is 18.1 Å². The van der Waals surface area contributed by atoms with Crippen LogP contribution in [0.2, 0.25) is 0 Å². The number of rotatable bonds is 1. The lowest BCUT2D eigenvalue weighted by Gasteiger charge is -2.03. The summed E-state index contributed by atoms with van der Waals surface area (Å²) in [5.41, 5.74) is 2.84. The Balaban J connectivity index is 0.00000121. The van der Waals surface area contributed by atoms with Crippen LogP contribution in [0, 0.1) is 0 Å². The number of hydrogen-bond donors (Lipinski definition) is 3. The van der Waals surface area contributed by atoms with Crippen molar-refractivity contribution in [3.05, 3.63) is 29.8 Å². The fourth-order valence-corrected chi connectivity index (χ4v) is 0.916. The summed E-state index contributed by atoms with van der Waals surface area (Å²) >= 11 is 4.81. The maximum atomic E-state index is 9.23. The number of nitrogens with one attached hydrogen (secondary N) is 1. The second-order valence-corrected chi connectivity index (χ2v) is 2.40. The van der Waals surface area contributed by atoms with Gasteiger partial charge in [0.1, 0.15) is 10.7 Å². The summed E-state index contributed by atoms with van der Waals surface area (Å²) in [4.78, 5) is 0.336. The van der Waals surface area contributed by atoms with Crippen molar-refractivity contribution >= 4 is 17.2 Å². The average molecular weight is 186 g/mol. The third kappa shape index (κ3) is 2.16. The number of phenolic OH excluding ortho intramolecular Hbond substituents is 1. The molecule has 0 aliphatic heterocycles. The molecule has 0 heterocycles. The van der Waals surface area contributed by atoms with Crippen LogP contribution in [-0.4, -0.2) is 15.6 Å². The van der Waals surface area contributed by atoms with E-state index in [0.717, 1.165) is 0 Å². The van der Waals surface area contributed by atoms with Gasteiger partial charge in [-0.1, -0.05) is 24.4 Å². The van der Waals surface area contributed by atoms with Crippen LogP contribution in [0.1, 0.15) is 5.56 Å². The molecule has 5 heteroatoms. The second kappa shape index (κ2) is 4.66. The molecule has 0 amide bonds. The molecule has 0 aliphatic rings. The second-order valence-electron chi connectivity index (χ2n) is 1.99. The minimum atomic E-state index is 0. The van der Waals surface area contributed by atoms with Crippen molar-refractivity contribution in [1.82, 2.24) is 5.43 Å². The van der Waals surface area contributed by atoms with Gasteiger partial charge in [0.05, 0.1) is 5.56 Å². The highest BCUT2D eigenvalue weighted by Gasteiger charge is 2.02. The first kappa shape index (κ1) is 10.8. The highest BCUT2D eigenvalue weighted by atomic mass is 32.1. The maximum absolute atomic E-state index is 9.23. The molecule has 4 nitrogen and oxygen atoms in total. The number of aromatic hydroxyl groups is 1. The molecule has 0 aliphatic carbocycles. The third-order valence-electron chi connectivity index (χ3n) is 1.28. The largest absolute Gasteiger partial charge is 0.507 e. The molecule has 66 valence electrons. The van der Waals surface area contributed by atoms with Crippen molar-refractivity contribution in [1.29, 1.82) is 0 Å². The van der Waals surface area contributed by atoms with Gasteiger partial charge in [-0.25, -0.2) is 5.84 Å². The molecular weight excluding hydrogens is 176 g/mol. The van der Waals surface area contributed by atoms with E-state index in [1.165, 1.54) is 0 Å². The van der Waals surface area contributed by atoms with Crippen molar-refractivity contribution < 1.29 is 10.6 Å². The zero-order valence-electron chi connectivity index (χ0n) is 6.24. The first-order valence-corrected chi connectivity index (χ1v) is 3.45. The van der Waals surface area contributed by atoms with Gasteiger partial charge in [0.2, 0.25) is 0 Å². The summed E-state index contributed by atoms with van der Waals surface area (Å²) in [6, 6.07) is 6.74. The molecule has 0 saturated heterocycles. The zero-order chi connectivity index (χ0) is 8.27. The smallest absolute Gasteiger partial charge is 0.125 e. The van der Waals surface area contributed by atoms with Crippen LogP contribution >= 0.6 is 12.2 Å². The quantitative estimate of drug-likeness (QED) is 0.319. The zero-order valence-corrected chi connectivity index (χ0v) is 7.06. The van der Waals surface area contributed by atoms with Crippen molar-refractivity contribution in [3.8, 4) is 5.75 Å². The van der Waals surface area contributed by atoms with E-state index in [9.17, 15) is 5.11 Å². The van der Waals surface area contributed by atoms with Gasteiger partial charge in [-0.3, -0.25) is 0 Å². The monoisotopic (exact) mass is 186 g/mol. The predicted octanol–water partition coefficient (Wildman–Crippen LogP) is -0.294. The van der Waals surface area contributed by atoms with Gasteiger partial charge in [0.25, 0.3) is 0 Å². The lowest BCUT2D eigenvalue weighted by Crippen LogP contribution is -2.29. The van der Waals surface area contributed by atoms with Crippen molar-refractivity contribution in [2.24, 2.45) is 5.84 Å². The Morgan fingerprint density at radius 3 is 2.50 bits per heavy atom. The number of benzene rings is 1. The number of hydrogen-bond acceptors (Lipinski definition) is 3. The topological polar surface area (TPSA) is 89.8 Å². The van der Waals surface area contributed by atoms with Crippen molar-refractivity contribution in [3.63, 3.8) is 0 Å². The van der Waals surface area contributed by atoms with Crippen LogP contribution < -0.4 is 11.3 Å². The summed E-state index contributed by atoms with van der Waals surface area (Å²) in [6.07, 6.45) is 0. The highest BCUT2D eigenvalue weighted by molar-refractivity contribution is 7.80. The minimum absolute atomic E-state index is 0.